The number of aromatic nitrogens is 2. The number of alkyl carbamates (subject to hydrolysis) is 1. The van der Waals surface area contributed by atoms with Gasteiger partial charge in [0.1, 0.15) is 17.5 Å². The number of hydrogen-bond donors (Lipinski definition) is 1. The Hall–Kier alpha value is -2.49. The van der Waals surface area contributed by atoms with E-state index in [0.29, 0.717) is 12.0 Å². The zero-order valence-corrected chi connectivity index (χ0v) is 17.9. The van der Waals surface area contributed by atoms with Crippen LogP contribution in [0.5, 0.6) is 0 Å². The van der Waals surface area contributed by atoms with E-state index >= 15 is 0 Å². The average molecular weight is 427 g/mol. The molecule has 160 valence electrons. The Morgan fingerprint density at radius 2 is 1.83 bits per heavy atom. The Balaban J connectivity index is 2.20. The molecule has 0 aliphatic rings. The molecule has 0 aliphatic carbocycles. The van der Waals surface area contributed by atoms with Gasteiger partial charge in [-0.1, -0.05) is 31.1 Å². The molecule has 0 fully saturated rings. The number of amides is 1. The minimum absolute atomic E-state index is 0.0257. The highest BCUT2D eigenvalue weighted by atomic mass is 32.2. The van der Waals surface area contributed by atoms with Crippen LogP contribution in [-0.2, 0) is 20.3 Å². The van der Waals surface area contributed by atoms with Gasteiger partial charge in [-0.2, -0.15) is 0 Å². The van der Waals surface area contributed by atoms with Gasteiger partial charge in [-0.15, -0.1) is 5.10 Å². The Labute approximate surface area is 169 Å². The number of halogens is 1. The molecule has 1 aromatic heterocycles. The first-order chi connectivity index (χ1) is 13.4. The number of hydrogen-bond acceptors (Lipinski definition) is 7. The van der Waals surface area contributed by atoms with E-state index in [9.17, 15) is 17.6 Å². The lowest BCUT2D eigenvalue weighted by Crippen LogP contribution is -2.35. The molecule has 1 aromatic carbocycles. The summed E-state index contributed by atoms with van der Waals surface area (Å²) in [6, 6.07) is 4.39. The molecule has 0 spiro atoms. The largest absolute Gasteiger partial charge is 0.444 e. The number of benzene rings is 1. The van der Waals surface area contributed by atoms with Crippen molar-refractivity contribution in [1.29, 1.82) is 0 Å². The van der Waals surface area contributed by atoms with Gasteiger partial charge < -0.3 is 14.5 Å². The molecule has 10 heteroatoms. The summed E-state index contributed by atoms with van der Waals surface area (Å²) in [4.78, 5) is 12.1. The second kappa shape index (κ2) is 8.89. The standard InChI is InChI=1S/C19H26FN3O5S/c1-12(2)10-15(21-17(24)28-19(3,4)5)16-22-23-18(27-16)29(25,26)11-13-6-8-14(20)9-7-13/h6-9,12,15H,10-11H2,1-5H3,(H,21,24). The van der Waals surface area contributed by atoms with Gasteiger partial charge in [-0.25, -0.2) is 17.6 Å². The maximum atomic E-state index is 13.0. The minimum atomic E-state index is -3.93. The summed E-state index contributed by atoms with van der Waals surface area (Å²) in [6.45, 7) is 9.07. The number of carbonyl (C=O) groups is 1. The molecule has 1 N–H and O–H groups in total. The van der Waals surface area contributed by atoms with E-state index in [1.54, 1.807) is 20.8 Å². The van der Waals surface area contributed by atoms with Crippen LogP contribution in [0.2, 0.25) is 0 Å². The lowest BCUT2D eigenvalue weighted by atomic mass is 10.0. The molecule has 1 heterocycles. The van der Waals surface area contributed by atoms with Crippen molar-refractivity contribution in [2.24, 2.45) is 5.92 Å². The molecular formula is C19H26FN3O5S. The van der Waals surface area contributed by atoms with Crippen LogP contribution in [0.4, 0.5) is 9.18 Å². The zero-order chi connectivity index (χ0) is 21.8. The van der Waals surface area contributed by atoms with Crippen molar-refractivity contribution in [3.8, 4) is 0 Å². The number of nitrogens with zero attached hydrogens (tertiary/aromatic N) is 2. The monoisotopic (exact) mass is 427 g/mol. The lowest BCUT2D eigenvalue weighted by molar-refractivity contribution is 0.0487. The van der Waals surface area contributed by atoms with Crippen LogP contribution in [0.25, 0.3) is 0 Å². The summed E-state index contributed by atoms with van der Waals surface area (Å²) in [7, 11) is -3.93. The molecular weight excluding hydrogens is 401 g/mol. The van der Waals surface area contributed by atoms with Crippen LogP contribution in [0.15, 0.2) is 33.9 Å². The van der Waals surface area contributed by atoms with Gasteiger partial charge in [-0.05, 0) is 50.8 Å². The molecule has 8 nitrogen and oxygen atoms in total. The van der Waals surface area contributed by atoms with Crippen molar-refractivity contribution >= 4 is 15.9 Å². The van der Waals surface area contributed by atoms with Gasteiger partial charge in [0.2, 0.25) is 15.7 Å². The topological polar surface area (TPSA) is 111 Å². The van der Waals surface area contributed by atoms with E-state index in [1.165, 1.54) is 24.3 Å². The fourth-order valence-corrected chi connectivity index (χ4v) is 3.62. The fraction of sp³-hybridized carbons (Fsp3) is 0.526. The van der Waals surface area contributed by atoms with Crippen molar-refractivity contribution in [3.05, 3.63) is 41.5 Å². The quantitative estimate of drug-likeness (QED) is 0.715. The highest BCUT2D eigenvalue weighted by Gasteiger charge is 2.29. The van der Waals surface area contributed by atoms with Crippen LogP contribution in [0.3, 0.4) is 0 Å². The summed E-state index contributed by atoms with van der Waals surface area (Å²) in [5.74, 6) is -0.747. The zero-order valence-electron chi connectivity index (χ0n) is 17.1. The SMILES string of the molecule is CC(C)CC(NC(=O)OC(C)(C)C)c1nnc(S(=O)(=O)Cc2ccc(F)cc2)o1. The number of carbonyl (C=O) groups excluding carboxylic acids is 1. The Morgan fingerprint density at radius 3 is 2.38 bits per heavy atom. The Morgan fingerprint density at radius 1 is 1.21 bits per heavy atom. The highest BCUT2D eigenvalue weighted by molar-refractivity contribution is 7.90. The first-order valence-corrected chi connectivity index (χ1v) is 10.8. The summed E-state index contributed by atoms with van der Waals surface area (Å²) < 4.78 is 48.7. The van der Waals surface area contributed by atoms with E-state index in [1.807, 2.05) is 13.8 Å². The van der Waals surface area contributed by atoms with E-state index in [-0.39, 0.29) is 11.8 Å². The van der Waals surface area contributed by atoms with Gasteiger partial charge in [-0.3, -0.25) is 0 Å². The van der Waals surface area contributed by atoms with Crippen molar-refractivity contribution in [2.75, 3.05) is 0 Å². The third-order valence-corrected chi connectivity index (χ3v) is 5.06. The maximum absolute atomic E-state index is 13.0. The maximum Gasteiger partial charge on any atom is 0.408 e. The molecule has 0 bridgehead atoms. The molecule has 1 amide bonds. The van der Waals surface area contributed by atoms with Gasteiger partial charge >= 0.3 is 11.3 Å². The second-order valence-electron chi connectivity index (χ2n) is 8.12. The summed E-state index contributed by atoms with van der Waals surface area (Å²) in [6.07, 6.45) is -0.226. The van der Waals surface area contributed by atoms with E-state index < -0.39 is 44.4 Å². The molecule has 0 saturated carbocycles. The first kappa shape index (κ1) is 22.8. The third kappa shape index (κ3) is 7.12. The lowest BCUT2D eigenvalue weighted by Gasteiger charge is -2.22. The molecule has 0 saturated heterocycles. The normalized spacial score (nSPS) is 13.3. The van der Waals surface area contributed by atoms with Gasteiger partial charge in [0.05, 0.1) is 5.75 Å². The number of nitrogens with one attached hydrogen (secondary N) is 1. The summed E-state index contributed by atoms with van der Waals surface area (Å²) in [5, 5.41) is 9.55. The number of rotatable bonds is 7. The number of sulfone groups is 1. The van der Waals surface area contributed by atoms with Crippen molar-refractivity contribution in [2.45, 2.75) is 63.7 Å². The minimum Gasteiger partial charge on any atom is -0.444 e. The van der Waals surface area contributed by atoms with E-state index in [0.717, 1.165) is 0 Å². The predicted octanol–water partition coefficient (Wildman–Crippen LogP) is 3.79. The molecule has 29 heavy (non-hydrogen) atoms. The predicted molar refractivity (Wildman–Crippen MR) is 103 cm³/mol. The van der Waals surface area contributed by atoms with Crippen molar-refractivity contribution in [1.82, 2.24) is 15.5 Å². The van der Waals surface area contributed by atoms with E-state index in [2.05, 4.69) is 15.5 Å². The summed E-state index contributed by atoms with van der Waals surface area (Å²) in [5.41, 5.74) is -0.304. The third-order valence-electron chi connectivity index (χ3n) is 3.65. The fourth-order valence-electron chi connectivity index (χ4n) is 2.49. The van der Waals surface area contributed by atoms with Crippen LogP contribution in [0.1, 0.15) is 58.5 Å². The Bertz CT molecular complexity index is 933. The first-order valence-electron chi connectivity index (χ1n) is 9.16. The van der Waals surface area contributed by atoms with Gasteiger partial charge in [0, 0.05) is 0 Å². The van der Waals surface area contributed by atoms with Crippen molar-refractivity contribution in [3.63, 3.8) is 0 Å². The molecule has 2 rings (SSSR count). The highest BCUT2D eigenvalue weighted by Crippen LogP contribution is 2.24. The molecule has 2 aromatic rings. The van der Waals surface area contributed by atoms with Gasteiger partial charge in [0.15, 0.2) is 0 Å². The van der Waals surface area contributed by atoms with Gasteiger partial charge in [0.25, 0.3) is 0 Å². The number of ether oxygens (including phenoxy) is 1. The van der Waals surface area contributed by atoms with Crippen LogP contribution in [-0.4, -0.2) is 30.3 Å². The molecule has 1 atom stereocenters. The summed E-state index contributed by atoms with van der Waals surface area (Å²) >= 11 is 0. The smallest absolute Gasteiger partial charge is 0.408 e. The van der Waals surface area contributed by atoms with Crippen molar-refractivity contribution < 1.29 is 26.8 Å². The van der Waals surface area contributed by atoms with Crippen LogP contribution >= 0.6 is 0 Å². The average Bonchev–Trinajstić information content (AvgIpc) is 3.05. The second-order valence-corrected chi connectivity index (χ2v) is 9.99. The van der Waals surface area contributed by atoms with Crippen LogP contribution in [0, 0.1) is 11.7 Å². The molecule has 0 aliphatic heterocycles. The molecule has 1 unspecified atom stereocenters. The van der Waals surface area contributed by atoms with E-state index in [4.69, 9.17) is 9.15 Å². The van der Waals surface area contributed by atoms with Crippen LogP contribution < -0.4 is 5.32 Å². The molecule has 0 radical (unpaired) electrons. The Kier molecular flexibility index (Phi) is 6.99.